The average molecular weight is 400 g/mol. The normalized spacial score (nSPS) is 10.6. The molecular formula is C19H20Cl2FNO3. The van der Waals surface area contributed by atoms with Crippen LogP contribution >= 0.6 is 23.2 Å². The third kappa shape index (κ3) is 5.51. The molecule has 0 aliphatic carbocycles. The van der Waals surface area contributed by atoms with Gasteiger partial charge in [-0.15, -0.1) is 0 Å². The molecule has 2 N–H and O–H groups in total. The topological polar surface area (TPSA) is 58.6 Å². The summed E-state index contributed by atoms with van der Waals surface area (Å²) in [4.78, 5) is 10.7. The molecule has 0 aromatic heterocycles. The maximum atomic E-state index is 14.5. The zero-order valence-electron chi connectivity index (χ0n) is 14.3. The zero-order valence-corrected chi connectivity index (χ0v) is 15.8. The van der Waals surface area contributed by atoms with E-state index in [0.29, 0.717) is 29.8 Å². The van der Waals surface area contributed by atoms with Gasteiger partial charge in [0.15, 0.2) is 11.6 Å². The number of carboxylic acids is 1. The Morgan fingerprint density at radius 1 is 1.27 bits per heavy atom. The number of carboxylic acid groups (broad SMARTS) is 1. The first-order valence-corrected chi connectivity index (χ1v) is 9.01. The van der Waals surface area contributed by atoms with Crippen LogP contribution in [0.5, 0.6) is 5.75 Å². The highest BCUT2D eigenvalue weighted by Crippen LogP contribution is 2.35. The van der Waals surface area contributed by atoms with Crippen LogP contribution in [0.15, 0.2) is 30.3 Å². The molecular weight excluding hydrogens is 380 g/mol. The van der Waals surface area contributed by atoms with Crippen LogP contribution in [-0.4, -0.2) is 17.6 Å². The molecule has 0 saturated carbocycles. The molecule has 0 aliphatic heterocycles. The largest absolute Gasteiger partial charge is 0.486 e. The Hall–Kier alpha value is -1.98. The van der Waals surface area contributed by atoms with Gasteiger partial charge < -0.3 is 15.2 Å². The van der Waals surface area contributed by atoms with Crippen LogP contribution in [0.1, 0.15) is 30.9 Å². The predicted molar refractivity (Wildman–Crippen MR) is 102 cm³/mol. The van der Waals surface area contributed by atoms with Gasteiger partial charge in [-0.3, -0.25) is 4.79 Å². The Bertz CT molecular complexity index is 760. The molecule has 0 fully saturated rings. The number of halogens is 3. The van der Waals surface area contributed by atoms with Gasteiger partial charge in [0.05, 0.1) is 15.7 Å². The van der Waals surface area contributed by atoms with Crippen LogP contribution in [0.2, 0.25) is 10.0 Å². The second-order valence-electron chi connectivity index (χ2n) is 5.78. The second kappa shape index (κ2) is 9.64. The number of hydrogen-bond donors (Lipinski definition) is 2. The van der Waals surface area contributed by atoms with Crippen molar-refractivity contribution in [1.29, 1.82) is 0 Å². The number of anilines is 1. The maximum Gasteiger partial charge on any atom is 0.303 e. The van der Waals surface area contributed by atoms with E-state index < -0.39 is 5.97 Å². The fourth-order valence-electron chi connectivity index (χ4n) is 2.38. The highest BCUT2D eigenvalue weighted by Gasteiger charge is 2.13. The van der Waals surface area contributed by atoms with Crippen molar-refractivity contribution in [3.63, 3.8) is 0 Å². The van der Waals surface area contributed by atoms with Crippen molar-refractivity contribution >= 4 is 34.9 Å². The summed E-state index contributed by atoms with van der Waals surface area (Å²) in [6, 6.07) is 8.28. The highest BCUT2D eigenvalue weighted by atomic mass is 35.5. The van der Waals surface area contributed by atoms with E-state index in [4.69, 9.17) is 33.0 Å². The molecule has 2 aromatic rings. The number of hydrogen-bond acceptors (Lipinski definition) is 3. The van der Waals surface area contributed by atoms with E-state index in [1.807, 2.05) is 6.92 Å². The monoisotopic (exact) mass is 399 g/mol. The second-order valence-corrected chi connectivity index (χ2v) is 6.59. The lowest BCUT2D eigenvalue weighted by molar-refractivity contribution is -0.136. The number of nitrogens with one attached hydrogen (secondary N) is 1. The molecule has 0 spiro atoms. The Labute approximate surface area is 161 Å². The Morgan fingerprint density at radius 2 is 1.96 bits per heavy atom. The Morgan fingerprint density at radius 3 is 2.58 bits per heavy atom. The first-order valence-electron chi connectivity index (χ1n) is 8.26. The molecule has 0 saturated heterocycles. The quantitative estimate of drug-likeness (QED) is 0.580. The van der Waals surface area contributed by atoms with Gasteiger partial charge in [0.25, 0.3) is 0 Å². The number of carbonyl (C=O) groups is 1. The third-order valence-corrected chi connectivity index (χ3v) is 4.26. The van der Waals surface area contributed by atoms with Crippen LogP contribution in [0, 0.1) is 5.82 Å². The van der Waals surface area contributed by atoms with E-state index in [0.717, 1.165) is 6.42 Å². The average Bonchev–Trinajstić information content (AvgIpc) is 2.59. The summed E-state index contributed by atoms with van der Waals surface area (Å²) in [6.45, 7) is 2.65. The fourth-order valence-corrected chi connectivity index (χ4v) is 3.02. The Balaban J connectivity index is 2.11. The smallest absolute Gasteiger partial charge is 0.303 e. The van der Waals surface area contributed by atoms with E-state index in [2.05, 4.69) is 5.32 Å². The summed E-state index contributed by atoms with van der Waals surface area (Å²) in [5, 5.41) is 12.3. The van der Waals surface area contributed by atoms with Crippen LogP contribution in [0.3, 0.4) is 0 Å². The van der Waals surface area contributed by atoms with E-state index in [-0.39, 0.29) is 34.6 Å². The highest BCUT2D eigenvalue weighted by molar-refractivity contribution is 6.37. The van der Waals surface area contributed by atoms with Crippen LogP contribution < -0.4 is 10.1 Å². The van der Waals surface area contributed by atoms with Crippen molar-refractivity contribution in [2.45, 2.75) is 32.8 Å². The summed E-state index contributed by atoms with van der Waals surface area (Å²) in [5.74, 6) is -1.02. The van der Waals surface area contributed by atoms with Gasteiger partial charge in [-0.25, -0.2) is 4.39 Å². The van der Waals surface area contributed by atoms with E-state index in [9.17, 15) is 9.18 Å². The summed E-state index contributed by atoms with van der Waals surface area (Å²) >= 11 is 12.4. The van der Waals surface area contributed by atoms with Gasteiger partial charge in [0.2, 0.25) is 0 Å². The Kier molecular flexibility index (Phi) is 7.54. The van der Waals surface area contributed by atoms with Crippen LogP contribution in [-0.2, 0) is 17.8 Å². The van der Waals surface area contributed by atoms with Crippen molar-refractivity contribution in [3.05, 3.63) is 57.3 Å². The van der Waals surface area contributed by atoms with Gasteiger partial charge in [-0.1, -0.05) is 42.3 Å². The molecule has 0 radical (unpaired) electrons. The number of aliphatic carboxylic acids is 1. The lowest BCUT2D eigenvalue weighted by atomic mass is 10.1. The number of aryl methyl sites for hydroxylation is 1. The van der Waals surface area contributed by atoms with Crippen molar-refractivity contribution in [2.24, 2.45) is 0 Å². The lowest BCUT2D eigenvalue weighted by Gasteiger charge is -2.14. The molecule has 0 atom stereocenters. The van der Waals surface area contributed by atoms with Crippen LogP contribution in [0.25, 0.3) is 0 Å². The summed E-state index contributed by atoms with van der Waals surface area (Å²) in [6.07, 6.45) is 1.18. The molecule has 0 aliphatic rings. The SMILES string of the molecule is CCCNc1cccc(COc2c(Cl)cc(CCC(=O)O)cc2Cl)c1F. The molecule has 2 rings (SSSR count). The molecule has 0 unspecified atom stereocenters. The molecule has 0 amide bonds. The minimum Gasteiger partial charge on any atom is -0.486 e. The maximum absolute atomic E-state index is 14.5. The van der Waals surface area contributed by atoms with E-state index in [1.165, 1.54) is 0 Å². The van der Waals surface area contributed by atoms with Crippen molar-refractivity contribution < 1.29 is 19.0 Å². The third-order valence-electron chi connectivity index (χ3n) is 3.70. The van der Waals surface area contributed by atoms with Crippen molar-refractivity contribution in [1.82, 2.24) is 0 Å². The number of rotatable bonds is 9. The summed E-state index contributed by atoms with van der Waals surface area (Å²) < 4.78 is 20.1. The minimum atomic E-state index is -0.899. The van der Waals surface area contributed by atoms with Crippen molar-refractivity contribution in [3.8, 4) is 5.75 Å². The fraction of sp³-hybridized carbons (Fsp3) is 0.316. The predicted octanol–water partition coefficient (Wildman–Crippen LogP) is 5.55. The lowest BCUT2D eigenvalue weighted by Crippen LogP contribution is -2.06. The first-order chi connectivity index (χ1) is 12.4. The van der Waals surface area contributed by atoms with Gasteiger partial charge in [-0.05, 0) is 36.6 Å². The van der Waals surface area contributed by atoms with Gasteiger partial charge in [0.1, 0.15) is 6.61 Å². The van der Waals surface area contributed by atoms with Crippen molar-refractivity contribution in [2.75, 3.05) is 11.9 Å². The molecule has 4 nitrogen and oxygen atoms in total. The van der Waals surface area contributed by atoms with Gasteiger partial charge in [0, 0.05) is 18.5 Å². The van der Waals surface area contributed by atoms with Gasteiger partial charge >= 0.3 is 5.97 Å². The summed E-state index contributed by atoms with van der Waals surface area (Å²) in [5.41, 5.74) is 1.51. The standard InChI is InChI=1S/C19H20Cl2FNO3/c1-2-8-23-16-5-3-4-13(18(16)22)11-26-19-14(20)9-12(10-15(19)21)6-7-17(24)25/h3-5,9-10,23H,2,6-8,11H2,1H3,(H,24,25). The first kappa shape index (κ1) is 20.3. The summed E-state index contributed by atoms with van der Waals surface area (Å²) in [7, 11) is 0. The minimum absolute atomic E-state index is 0.0182. The zero-order chi connectivity index (χ0) is 19.1. The molecule has 2 aromatic carbocycles. The molecule has 140 valence electrons. The number of benzene rings is 2. The van der Waals surface area contributed by atoms with E-state index >= 15 is 0 Å². The van der Waals surface area contributed by atoms with Crippen LogP contribution in [0.4, 0.5) is 10.1 Å². The molecule has 0 bridgehead atoms. The number of ether oxygens (including phenoxy) is 1. The van der Waals surface area contributed by atoms with Gasteiger partial charge in [-0.2, -0.15) is 0 Å². The molecule has 0 heterocycles. The molecule has 7 heteroatoms. The molecule has 26 heavy (non-hydrogen) atoms. The van der Waals surface area contributed by atoms with E-state index in [1.54, 1.807) is 30.3 Å².